The molecule has 0 bridgehead atoms. The van der Waals surface area contributed by atoms with Crippen molar-refractivity contribution in [1.82, 2.24) is 0 Å². The molecule has 1 aromatic heterocycles. The summed E-state index contributed by atoms with van der Waals surface area (Å²) in [5.41, 5.74) is 2.38. The molecule has 3 aromatic rings. The van der Waals surface area contributed by atoms with Gasteiger partial charge in [0, 0.05) is 23.6 Å². The second kappa shape index (κ2) is 9.66. The van der Waals surface area contributed by atoms with Crippen LogP contribution in [0.25, 0.3) is 22.3 Å². The molecule has 0 unspecified atom stereocenters. The van der Waals surface area contributed by atoms with Gasteiger partial charge in [-0.25, -0.2) is 0 Å². The summed E-state index contributed by atoms with van der Waals surface area (Å²) in [7, 11) is 0. The predicted octanol–water partition coefficient (Wildman–Crippen LogP) is 7.03. The molecule has 7 heteroatoms. The number of allylic oxidation sites excluding steroid dienone is 2. The molecule has 5 atom stereocenters. The van der Waals surface area contributed by atoms with Gasteiger partial charge in [-0.2, -0.15) is 0 Å². The van der Waals surface area contributed by atoms with Crippen LogP contribution in [0.4, 0.5) is 0 Å². The van der Waals surface area contributed by atoms with Gasteiger partial charge in [-0.3, -0.25) is 4.79 Å². The van der Waals surface area contributed by atoms with E-state index < -0.39 is 17.5 Å². The Labute approximate surface area is 245 Å². The quantitative estimate of drug-likeness (QED) is 0.168. The molecule has 3 aliphatic rings. The largest absolute Gasteiger partial charge is 0.508 e. The molecule has 2 aromatic carbocycles. The molecule has 2 fully saturated rings. The van der Waals surface area contributed by atoms with Crippen LogP contribution in [-0.2, 0) is 6.42 Å². The van der Waals surface area contributed by atoms with Crippen LogP contribution in [0.2, 0.25) is 0 Å². The van der Waals surface area contributed by atoms with E-state index in [1.165, 1.54) is 18.2 Å². The first-order valence-corrected chi connectivity index (χ1v) is 14.8. The third kappa shape index (κ3) is 4.16. The Balaban J connectivity index is 1.48. The van der Waals surface area contributed by atoms with Gasteiger partial charge in [-0.15, -0.1) is 0 Å². The molecule has 0 radical (unpaired) electrons. The summed E-state index contributed by atoms with van der Waals surface area (Å²) in [6, 6.07) is 5.14. The zero-order valence-electron chi connectivity index (χ0n) is 24.7. The summed E-state index contributed by atoms with van der Waals surface area (Å²) in [6.07, 6.45) is 6.52. The number of fused-ring (bicyclic) bond motifs is 5. The summed E-state index contributed by atoms with van der Waals surface area (Å²) >= 11 is 0. The number of hydrogen-bond donors (Lipinski definition) is 5. The van der Waals surface area contributed by atoms with Crippen molar-refractivity contribution in [3.05, 3.63) is 69.4 Å². The summed E-state index contributed by atoms with van der Waals surface area (Å²) in [6.45, 7) is 13.3. The molecule has 42 heavy (non-hydrogen) atoms. The van der Waals surface area contributed by atoms with Crippen molar-refractivity contribution in [2.45, 2.75) is 78.2 Å². The zero-order valence-corrected chi connectivity index (χ0v) is 24.7. The molecule has 0 saturated heterocycles. The fraction of sp³-hybridized carbons (Fsp3) is 0.457. The monoisotopic (exact) mass is 572 g/mol. The number of aliphatic hydroxyl groups excluding tert-OH is 1. The van der Waals surface area contributed by atoms with Gasteiger partial charge in [0.2, 0.25) is 5.43 Å². The van der Waals surface area contributed by atoms with Crippen LogP contribution in [0.15, 0.2) is 57.3 Å². The average Bonchev–Trinajstić information content (AvgIpc) is 2.90. The van der Waals surface area contributed by atoms with Crippen molar-refractivity contribution >= 4 is 11.0 Å². The second-order valence-corrected chi connectivity index (χ2v) is 13.7. The number of aromatic hydroxyl groups is 4. The molecule has 0 amide bonds. The van der Waals surface area contributed by atoms with E-state index in [4.69, 9.17) is 4.42 Å². The van der Waals surface area contributed by atoms with Crippen molar-refractivity contribution in [1.29, 1.82) is 0 Å². The molecule has 1 heterocycles. The highest BCUT2D eigenvalue weighted by molar-refractivity contribution is 5.89. The highest BCUT2D eigenvalue weighted by Crippen LogP contribution is 2.62. The van der Waals surface area contributed by atoms with Crippen LogP contribution < -0.4 is 5.43 Å². The highest BCUT2D eigenvalue weighted by Gasteiger charge is 2.54. The molecular weight excluding hydrogens is 532 g/mol. The lowest BCUT2D eigenvalue weighted by Gasteiger charge is -2.59. The third-order valence-corrected chi connectivity index (χ3v) is 10.9. The second-order valence-electron chi connectivity index (χ2n) is 13.7. The Morgan fingerprint density at radius 2 is 1.79 bits per heavy atom. The van der Waals surface area contributed by atoms with Crippen LogP contribution >= 0.6 is 0 Å². The van der Waals surface area contributed by atoms with Gasteiger partial charge in [0.15, 0.2) is 0 Å². The number of phenolic OH excluding ortho intramolecular Hbond substituents is 4. The normalized spacial score (nSPS) is 28.7. The first kappa shape index (κ1) is 28.4. The number of hydrogen-bond acceptors (Lipinski definition) is 7. The number of aliphatic hydroxyl groups is 1. The molecule has 5 N–H and O–H groups in total. The van der Waals surface area contributed by atoms with Crippen molar-refractivity contribution < 1.29 is 29.9 Å². The maximum absolute atomic E-state index is 14.0. The van der Waals surface area contributed by atoms with Gasteiger partial charge in [0.25, 0.3) is 0 Å². The first-order chi connectivity index (χ1) is 19.7. The van der Waals surface area contributed by atoms with Crippen LogP contribution in [-0.4, -0.2) is 31.6 Å². The lowest BCUT2D eigenvalue weighted by molar-refractivity contribution is -0.0809. The minimum Gasteiger partial charge on any atom is -0.508 e. The SMILES string of the molecule is C=C1[C@@H](O)C[C@H]2C(C)(C)CCC[C@]2(C)[C@H]1CC=C(C)[C@H]1Cc2c(O)ccc(O)c2-c2oc3cc(O)cc(O)c3c(=O)c21. The van der Waals surface area contributed by atoms with Gasteiger partial charge >= 0.3 is 0 Å². The first-order valence-electron chi connectivity index (χ1n) is 14.8. The summed E-state index contributed by atoms with van der Waals surface area (Å²) in [5.74, 6) is -0.769. The maximum Gasteiger partial charge on any atom is 0.200 e. The fourth-order valence-corrected chi connectivity index (χ4v) is 8.65. The Morgan fingerprint density at radius 1 is 1.07 bits per heavy atom. The Bertz CT molecular complexity index is 1710. The Hall–Kier alpha value is -3.71. The van der Waals surface area contributed by atoms with Crippen LogP contribution in [0.3, 0.4) is 0 Å². The van der Waals surface area contributed by atoms with E-state index in [1.807, 2.05) is 6.92 Å². The minimum absolute atomic E-state index is 0.0149. The van der Waals surface area contributed by atoms with Gasteiger partial charge in [0.1, 0.15) is 39.7 Å². The van der Waals surface area contributed by atoms with E-state index in [-0.39, 0.29) is 74.0 Å². The van der Waals surface area contributed by atoms with Crippen molar-refractivity contribution in [3.8, 4) is 34.3 Å². The minimum atomic E-state index is -0.556. The van der Waals surface area contributed by atoms with E-state index in [9.17, 15) is 30.3 Å². The third-order valence-electron chi connectivity index (χ3n) is 10.9. The van der Waals surface area contributed by atoms with Crippen molar-refractivity contribution in [3.63, 3.8) is 0 Å². The highest BCUT2D eigenvalue weighted by atomic mass is 16.3. The van der Waals surface area contributed by atoms with E-state index in [1.54, 1.807) is 0 Å². The molecular formula is C35H40O7. The Kier molecular flexibility index (Phi) is 6.54. The maximum atomic E-state index is 14.0. The van der Waals surface area contributed by atoms with Crippen molar-refractivity contribution in [2.75, 3.05) is 0 Å². The van der Waals surface area contributed by atoms with Crippen LogP contribution in [0.5, 0.6) is 23.0 Å². The molecule has 2 saturated carbocycles. The predicted molar refractivity (Wildman–Crippen MR) is 162 cm³/mol. The van der Waals surface area contributed by atoms with Gasteiger partial charge in [-0.1, -0.05) is 45.4 Å². The average molecular weight is 573 g/mol. The molecule has 0 aliphatic heterocycles. The number of phenols is 4. The molecule has 222 valence electrons. The number of rotatable bonds is 3. The standard InChI is InChI=1S/C35H40O7/c1-17(7-8-22-18(2)25(39)16-28-34(3,4)11-6-12-35(22,28)5)20-15-21-23(37)9-10-24(38)29(21)33-30(20)32(41)31-26(40)13-19(36)14-27(31)42-33/h7,9-10,13-14,20,22,25,28,36-40H,2,6,8,11-12,15-16H2,1,3-5H3/t20-,22+,25+,28+,35-/m1/s1. The lowest BCUT2D eigenvalue weighted by Crippen LogP contribution is -2.52. The van der Waals surface area contributed by atoms with E-state index in [2.05, 4.69) is 33.4 Å². The van der Waals surface area contributed by atoms with Crippen molar-refractivity contribution in [2.24, 2.45) is 22.7 Å². The summed E-state index contributed by atoms with van der Waals surface area (Å²) in [5, 5.41) is 53.3. The molecule has 7 nitrogen and oxygen atoms in total. The zero-order chi connectivity index (χ0) is 30.3. The van der Waals surface area contributed by atoms with E-state index >= 15 is 0 Å². The Morgan fingerprint density at radius 3 is 2.52 bits per heavy atom. The topological polar surface area (TPSA) is 131 Å². The molecule has 6 rings (SSSR count). The smallest absolute Gasteiger partial charge is 0.200 e. The van der Waals surface area contributed by atoms with E-state index in [0.29, 0.717) is 17.9 Å². The van der Waals surface area contributed by atoms with E-state index in [0.717, 1.165) is 42.9 Å². The van der Waals surface area contributed by atoms with Gasteiger partial charge in [-0.05, 0) is 79.4 Å². The summed E-state index contributed by atoms with van der Waals surface area (Å²) in [4.78, 5) is 14.0. The van der Waals surface area contributed by atoms with Gasteiger partial charge < -0.3 is 29.9 Å². The number of benzene rings is 2. The molecule has 3 aliphatic carbocycles. The fourth-order valence-electron chi connectivity index (χ4n) is 8.65. The molecule has 0 spiro atoms. The lowest BCUT2D eigenvalue weighted by atomic mass is 9.46. The van der Waals surface area contributed by atoms with Gasteiger partial charge in [0.05, 0.1) is 17.2 Å². The van der Waals surface area contributed by atoms with Crippen LogP contribution in [0, 0.1) is 22.7 Å². The summed E-state index contributed by atoms with van der Waals surface area (Å²) < 4.78 is 6.14. The van der Waals surface area contributed by atoms with Crippen LogP contribution in [0.1, 0.15) is 76.8 Å².